The quantitative estimate of drug-likeness (QED) is 0.211. The van der Waals surface area contributed by atoms with Crippen LogP contribution >= 0.6 is 11.6 Å². The van der Waals surface area contributed by atoms with E-state index in [1.54, 1.807) is 43.3 Å². The first-order valence-electron chi connectivity index (χ1n) is 11.8. The van der Waals surface area contributed by atoms with Crippen LogP contribution < -0.4 is 10.1 Å². The third kappa shape index (κ3) is 5.65. The predicted molar refractivity (Wildman–Crippen MR) is 137 cm³/mol. The summed E-state index contributed by atoms with van der Waals surface area (Å²) in [4.78, 5) is 24.4. The summed E-state index contributed by atoms with van der Waals surface area (Å²) in [5, 5.41) is 7.13. The van der Waals surface area contributed by atoms with Gasteiger partial charge >= 0.3 is 12.1 Å². The minimum atomic E-state index is -0.679. The second kappa shape index (κ2) is 10.4. The van der Waals surface area contributed by atoms with Gasteiger partial charge in [-0.15, -0.1) is 0 Å². The zero-order chi connectivity index (χ0) is 25.9. The molecule has 1 aromatic heterocycles. The van der Waals surface area contributed by atoms with Crippen molar-refractivity contribution in [1.29, 1.82) is 0 Å². The van der Waals surface area contributed by atoms with Gasteiger partial charge in [-0.05, 0) is 55.2 Å². The number of benzene rings is 3. The van der Waals surface area contributed by atoms with Crippen molar-refractivity contribution in [3.05, 3.63) is 95.4 Å². The Balaban J connectivity index is 1.29. The van der Waals surface area contributed by atoms with Crippen molar-refractivity contribution in [2.75, 3.05) is 5.32 Å². The SMILES string of the molecule is C[C@@H](OC(=O)Nc1c(Cl)cnn1-c1ccc(-c2ccc(OC(=O)C3CC3)cc2F)cc1)c1ccccc1. The third-order valence-corrected chi connectivity index (χ3v) is 6.27. The average molecular weight is 520 g/mol. The molecule has 4 aromatic rings. The molecule has 0 radical (unpaired) electrons. The van der Waals surface area contributed by atoms with Crippen molar-refractivity contribution >= 4 is 29.5 Å². The van der Waals surface area contributed by atoms with Gasteiger partial charge in [-0.2, -0.15) is 5.10 Å². The molecule has 0 spiro atoms. The Labute approximate surface area is 217 Å². The van der Waals surface area contributed by atoms with Crippen LogP contribution in [0.4, 0.5) is 15.0 Å². The number of halogens is 2. The minimum absolute atomic E-state index is 0.0698. The van der Waals surface area contributed by atoms with E-state index in [4.69, 9.17) is 21.1 Å². The van der Waals surface area contributed by atoms with Crippen molar-refractivity contribution in [3.8, 4) is 22.6 Å². The van der Waals surface area contributed by atoms with Crippen molar-refractivity contribution < 1.29 is 23.5 Å². The van der Waals surface area contributed by atoms with Gasteiger partial charge < -0.3 is 9.47 Å². The Hall–Kier alpha value is -4.17. The van der Waals surface area contributed by atoms with Gasteiger partial charge in [0.15, 0.2) is 5.82 Å². The molecular weight excluding hydrogens is 497 g/mol. The molecule has 0 aliphatic heterocycles. The summed E-state index contributed by atoms with van der Waals surface area (Å²) < 4.78 is 26.9. The van der Waals surface area contributed by atoms with E-state index in [0.717, 1.165) is 18.4 Å². The molecule has 3 aromatic carbocycles. The van der Waals surface area contributed by atoms with Gasteiger partial charge in [0.25, 0.3) is 0 Å². The molecule has 9 heteroatoms. The van der Waals surface area contributed by atoms with Crippen molar-refractivity contribution in [1.82, 2.24) is 9.78 Å². The van der Waals surface area contributed by atoms with Crippen LogP contribution in [0.3, 0.4) is 0 Å². The predicted octanol–water partition coefficient (Wildman–Crippen LogP) is 6.96. The lowest BCUT2D eigenvalue weighted by atomic mass is 10.0. The van der Waals surface area contributed by atoms with E-state index in [1.165, 1.54) is 16.9 Å². The molecule has 1 aliphatic carbocycles. The van der Waals surface area contributed by atoms with Crippen molar-refractivity contribution in [3.63, 3.8) is 0 Å². The van der Waals surface area contributed by atoms with Crippen molar-refractivity contribution in [2.45, 2.75) is 25.9 Å². The van der Waals surface area contributed by atoms with Crippen LogP contribution in [-0.2, 0) is 9.53 Å². The largest absolute Gasteiger partial charge is 0.441 e. The Kier molecular flexibility index (Phi) is 6.92. The first-order chi connectivity index (χ1) is 17.9. The van der Waals surface area contributed by atoms with E-state index in [2.05, 4.69) is 10.4 Å². The fourth-order valence-electron chi connectivity index (χ4n) is 3.81. The Morgan fingerprint density at radius 3 is 2.49 bits per heavy atom. The zero-order valence-electron chi connectivity index (χ0n) is 19.9. The summed E-state index contributed by atoms with van der Waals surface area (Å²) in [5.74, 6) is -0.469. The number of nitrogens with one attached hydrogen (secondary N) is 1. The second-order valence-electron chi connectivity index (χ2n) is 8.72. The maximum absolute atomic E-state index is 14.8. The fraction of sp³-hybridized carbons (Fsp3) is 0.179. The van der Waals surface area contributed by atoms with Gasteiger partial charge in [0.05, 0.1) is 17.8 Å². The monoisotopic (exact) mass is 519 g/mol. The topological polar surface area (TPSA) is 82.4 Å². The highest BCUT2D eigenvalue weighted by Gasteiger charge is 2.31. The number of rotatable bonds is 7. The molecule has 0 saturated heterocycles. The van der Waals surface area contributed by atoms with Gasteiger partial charge in [-0.25, -0.2) is 13.9 Å². The highest BCUT2D eigenvalue weighted by atomic mass is 35.5. The Bertz CT molecular complexity index is 1440. The molecular formula is C28H23ClFN3O4. The summed E-state index contributed by atoms with van der Waals surface area (Å²) >= 11 is 6.28. The number of aromatic nitrogens is 2. The molecule has 0 bridgehead atoms. The Morgan fingerprint density at radius 2 is 1.81 bits per heavy atom. The summed E-state index contributed by atoms with van der Waals surface area (Å²) in [6.07, 6.45) is 1.90. The molecule has 188 valence electrons. The standard InChI is InChI=1S/C28H23ClFN3O4/c1-17(18-5-3-2-4-6-18)36-28(35)32-26-24(29)16-31-33(26)21-11-9-19(10-12-21)23-14-13-22(15-25(23)30)37-27(34)20-7-8-20/h2-6,9-17,20H,7-8H2,1H3,(H,32,35)/t17-/m1/s1. The fourth-order valence-corrected chi connectivity index (χ4v) is 3.98. The summed E-state index contributed by atoms with van der Waals surface area (Å²) in [6.45, 7) is 1.77. The highest BCUT2D eigenvalue weighted by Crippen LogP contribution is 2.33. The number of hydrogen-bond acceptors (Lipinski definition) is 5. The summed E-state index contributed by atoms with van der Waals surface area (Å²) in [6, 6.07) is 20.6. The van der Waals surface area contributed by atoms with Crippen molar-refractivity contribution in [2.24, 2.45) is 5.92 Å². The van der Waals surface area contributed by atoms with Crippen LogP contribution in [0, 0.1) is 11.7 Å². The number of carbonyl (C=O) groups is 2. The first-order valence-corrected chi connectivity index (χ1v) is 12.1. The van der Waals surface area contributed by atoms with Crippen LogP contribution in [0.1, 0.15) is 31.4 Å². The zero-order valence-corrected chi connectivity index (χ0v) is 20.6. The lowest BCUT2D eigenvalue weighted by molar-refractivity contribution is -0.135. The second-order valence-corrected chi connectivity index (χ2v) is 9.13. The lowest BCUT2D eigenvalue weighted by Crippen LogP contribution is -2.18. The van der Waals surface area contributed by atoms with E-state index < -0.39 is 18.0 Å². The first kappa shape index (κ1) is 24.5. The molecule has 1 aliphatic rings. The maximum Gasteiger partial charge on any atom is 0.413 e. The molecule has 0 unspecified atom stereocenters. The third-order valence-electron chi connectivity index (χ3n) is 5.99. The van der Waals surface area contributed by atoms with Gasteiger partial charge in [0.2, 0.25) is 0 Å². The summed E-state index contributed by atoms with van der Waals surface area (Å²) in [5.41, 5.74) is 2.42. The van der Waals surface area contributed by atoms with E-state index in [0.29, 0.717) is 16.8 Å². The smallest absolute Gasteiger partial charge is 0.413 e. The van der Waals surface area contributed by atoms with Crippen LogP contribution in [0.2, 0.25) is 5.02 Å². The van der Waals surface area contributed by atoms with E-state index >= 15 is 0 Å². The molecule has 1 heterocycles. The maximum atomic E-state index is 14.8. The van der Waals surface area contributed by atoms with Crippen LogP contribution in [-0.4, -0.2) is 21.8 Å². The average Bonchev–Trinajstić information content (AvgIpc) is 3.69. The minimum Gasteiger partial charge on any atom is -0.441 e. The van der Waals surface area contributed by atoms with Gasteiger partial charge in [-0.3, -0.25) is 10.1 Å². The molecule has 37 heavy (non-hydrogen) atoms. The number of nitrogens with zero attached hydrogens (tertiary/aromatic N) is 2. The van der Waals surface area contributed by atoms with E-state index in [-0.39, 0.29) is 28.5 Å². The van der Waals surface area contributed by atoms with Crippen LogP contribution in [0.5, 0.6) is 5.75 Å². The highest BCUT2D eigenvalue weighted by molar-refractivity contribution is 6.33. The van der Waals surface area contributed by atoms with Gasteiger partial charge in [-0.1, -0.05) is 54.1 Å². The molecule has 5 rings (SSSR count). The number of amides is 1. The summed E-state index contributed by atoms with van der Waals surface area (Å²) in [7, 11) is 0. The molecule has 1 fully saturated rings. The molecule has 1 amide bonds. The lowest BCUT2D eigenvalue weighted by Gasteiger charge is -2.15. The number of anilines is 1. The number of hydrogen-bond donors (Lipinski definition) is 1. The molecule has 1 N–H and O–H groups in total. The Morgan fingerprint density at radius 1 is 1.08 bits per heavy atom. The van der Waals surface area contributed by atoms with Crippen LogP contribution in [0.15, 0.2) is 79.0 Å². The number of ether oxygens (including phenoxy) is 2. The number of carbonyl (C=O) groups excluding carboxylic acids is 2. The number of esters is 1. The van der Waals surface area contributed by atoms with E-state index in [9.17, 15) is 14.0 Å². The molecule has 1 atom stereocenters. The van der Waals surface area contributed by atoms with Crippen LogP contribution in [0.25, 0.3) is 16.8 Å². The van der Waals surface area contributed by atoms with E-state index in [1.807, 2.05) is 30.3 Å². The molecule has 1 saturated carbocycles. The van der Waals surface area contributed by atoms with Gasteiger partial charge in [0.1, 0.15) is 22.7 Å². The molecule has 7 nitrogen and oxygen atoms in total. The van der Waals surface area contributed by atoms with Gasteiger partial charge in [0, 0.05) is 11.6 Å². The normalized spacial score (nSPS) is 13.6.